The minimum atomic E-state index is -4.50. The zero-order chi connectivity index (χ0) is 15.6. The molecule has 0 aliphatic heterocycles. The van der Waals surface area contributed by atoms with Crippen LogP contribution >= 0.6 is 0 Å². The molecular formula is C15H10F4O2. The van der Waals surface area contributed by atoms with Gasteiger partial charge in [0.2, 0.25) is 0 Å². The summed E-state index contributed by atoms with van der Waals surface area (Å²) in [5.74, 6) is -1.49. The summed E-state index contributed by atoms with van der Waals surface area (Å²) < 4.78 is 55.9. The molecule has 0 N–H and O–H groups in total. The third kappa shape index (κ3) is 3.21. The van der Waals surface area contributed by atoms with E-state index in [-0.39, 0.29) is 16.7 Å². The van der Waals surface area contributed by atoms with E-state index in [1.54, 1.807) is 0 Å². The predicted octanol–water partition coefficient (Wildman–Crippen LogP) is 4.30. The molecule has 21 heavy (non-hydrogen) atoms. The van der Waals surface area contributed by atoms with Crippen molar-refractivity contribution in [2.24, 2.45) is 0 Å². The van der Waals surface area contributed by atoms with Gasteiger partial charge in [-0.3, -0.25) is 0 Å². The number of methoxy groups -OCH3 is 1. The van der Waals surface area contributed by atoms with Crippen LogP contribution in [0.4, 0.5) is 17.6 Å². The Morgan fingerprint density at radius 1 is 1.10 bits per heavy atom. The molecule has 0 radical (unpaired) electrons. The highest BCUT2D eigenvalue weighted by atomic mass is 19.4. The van der Waals surface area contributed by atoms with Crippen molar-refractivity contribution in [3.05, 3.63) is 59.4 Å². The van der Waals surface area contributed by atoms with Gasteiger partial charge in [0.1, 0.15) is 5.82 Å². The van der Waals surface area contributed by atoms with Crippen LogP contribution in [0.3, 0.4) is 0 Å². The first-order chi connectivity index (χ1) is 9.82. The molecule has 0 heterocycles. The molecular weight excluding hydrogens is 288 g/mol. The number of benzene rings is 2. The highest BCUT2D eigenvalue weighted by molar-refractivity contribution is 5.97. The second-order valence-electron chi connectivity index (χ2n) is 4.26. The summed E-state index contributed by atoms with van der Waals surface area (Å²) >= 11 is 0. The zero-order valence-corrected chi connectivity index (χ0v) is 10.9. The molecule has 0 amide bonds. The molecule has 0 spiro atoms. The van der Waals surface area contributed by atoms with E-state index in [9.17, 15) is 22.4 Å². The molecule has 0 atom stereocenters. The Morgan fingerprint density at radius 3 is 2.43 bits per heavy atom. The van der Waals surface area contributed by atoms with Gasteiger partial charge in [0.25, 0.3) is 0 Å². The average molecular weight is 298 g/mol. The largest absolute Gasteiger partial charge is 0.465 e. The lowest BCUT2D eigenvalue weighted by Crippen LogP contribution is -2.06. The molecule has 0 saturated heterocycles. The molecule has 0 unspecified atom stereocenters. The van der Waals surface area contributed by atoms with Gasteiger partial charge in [0.05, 0.1) is 18.2 Å². The van der Waals surface area contributed by atoms with E-state index in [0.717, 1.165) is 31.4 Å². The predicted molar refractivity (Wildman–Crippen MR) is 68.2 cm³/mol. The Morgan fingerprint density at radius 2 is 1.81 bits per heavy atom. The van der Waals surface area contributed by atoms with E-state index < -0.39 is 23.5 Å². The van der Waals surface area contributed by atoms with Crippen LogP contribution in [0.1, 0.15) is 15.9 Å². The van der Waals surface area contributed by atoms with Gasteiger partial charge in [-0.1, -0.05) is 18.2 Å². The van der Waals surface area contributed by atoms with Crippen molar-refractivity contribution in [1.82, 2.24) is 0 Å². The molecule has 2 aromatic rings. The topological polar surface area (TPSA) is 26.3 Å². The summed E-state index contributed by atoms with van der Waals surface area (Å²) in [7, 11) is 1.11. The first-order valence-corrected chi connectivity index (χ1v) is 5.88. The van der Waals surface area contributed by atoms with E-state index in [4.69, 9.17) is 0 Å². The smallest absolute Gasteiger partial charge is 0.416 e. The standard InChI is InChI=1S/C15H10F4O2/c1-21-14(20)13-8-11(16)5-6-12(13)9-3-2-4-10(7-9)15(17,18)19/h2-8H,1H3. The molecule has 0 bridgehead atoms. The minimum absolute atomic E-state index is 0.128. The Labute approximate surface area is 118 Å². The lowest BCUT2D eigenvalue weighted by atomic mass is 9.98. The number of halogens is 4. The maximum absolute atomic E-state index is 13.2. The Balaban J connectivity index is 2.59. The highest BCUT2D eigenvalue weighted by Crippen LogP contribution is 2.33. The SMILES string of the molecule is COC(=O)c1cc(F)ccc1-c1cccc(C(F)(F)F)c1. The van der Waals surface area contributed by atoms with Crippen molar-refractivity contribution in [2.75, 3.05) is 7.11 Å². The first kappa shape index (κ1) is 15.0. The van der Waals surface area contributed by atoms with Crippen molar-refractivity contribution in [3.8, 4) is 11.1 Å². The van der Waals surface area contributed by atoms with Gasteiger partial charge in [0.15, 0.2) is 0 Å². The molecule has 0 aromatic heterocycles. The maximum Gasteiger partial charge on any atom is 0.416 e. The average Bonchev–Trinajstić information content (AvgIpc) is 2.45. The number of alkyl halides is 3. The fourth-order valence-electron chi connectivity index (χ4n) is 1.91. The van der Waals surface area contributed by atoms with Crippen LogP contribution in [-0.2, 0) is 10.9 Å². The van der Waals surface area contributed by atoms with E-state index in [2.05, 4.69) is 4.74 Å². The molecule has 0 aliphatic rings. The number of hydrogen-bond donors (Lipinski definition) is 0. The lowest BCUT2D eigenvalue weighted by molar-refractivity contribution is -0.137. The number of ether oxygens (including phenoxy) is 1. The molecule has 110 valence electrons. The third-order valence-corrected chi connectivity index (χ3v) is 2.89. The van der Waals surface area contributed by atoms with Crippen molar-refractivity contribution in [2.45, 2.75) is 6.18 Å². The number of carbonyl (C=O) groups is 1. The second kappa shape index (κ2) is 5.55. The number of esters is 1. The second-order valence-corrected chi connectivity index (χ2v) is 4.26. The van der Waals surface area contributed by atoms with Gasteiger partial charge >= 0.3 is 12.1 Å². The first-order valence-electron chi connectivity index (χ1n) is 5.88. The van der Waals surface area contributed by atoms with Gasteiger partial charge < -0.3 is 4.74 Å². The van der Waals surface area contributed by atoms with Crippen LogP contribution in [-0.4, -0.2) is 13.1 Å². The molecule has 0 saturated carbocycles. The van der Waals surface area contributed by atoms with Crippen molar-refractivity contribution >= 4 is 5.97 Å². The fourth-order valence-corrected chi connectivity index (χ4v) is 1.91. The summed E-state index contributed by atoms with van der Waals surface area (Å²) in [5, 5.41) is 0. The number of carbonyl (C=O) groups excluding carboxylic acids is 1. The van der Waals surface area contributed by atoms with Crippen LogP contribution in [0.2, 0.25) is 0 Å². The van der Waals surface area contributed by atoms with Crippen molar-refractivity contribution in [1.29, 1.82) is 0 Å². The summed E-state index contributed by atoms with van der Waals surface area (Å²) in [5.41, 5.74) is -0.642. The highest BCUT2D eigenvalue weighted by Gasteiger charge is 2.30. The molecule has 0 aliphatic carbocycles. The van der Waals surface area contributed by atoms with Gasteiger partial charge in [-0.25, -0.2) is 9.18 Å². The van der Waals surface area contributed by atoms with Crippen LogP contribution in [0.25, 0.3) is 11.1 Å². The Bertz CT molecular complexity index is 678. The fraction of sp³-hybridized carbons (Fsp3) is 0.133. The zero-order valence-electron chi connectivity index (χ0n) is 10.9. The van der Waals surface area contributed by atoms with Gasteiger partial charge in [-0.2, -0.15) is 13.2 Å². The van der Waals surface area contributed by atoms with Gasteiger partial charge in [0, 0.05) is 0 Å². The van der Waals surface area contributed by atoms with E-state index >= 15 is 0 Å². The Kier molecular flexibility index (Phi) is 3.97. The molecule has 2 rings (SSSR count). The summed E-state index contributed by atoms with van der Waals surface area (Å²) in [6.07, 6.45) is -4.50. The lowest BCUT2D eigenvalue weighted by Gasteiger charge is -2.11. The normalized spacial score (nSPS) is 11.3. The van der Waals surface area contributed by atoms with Gasteiger partial charge in [-0.05, 0) is 35.4 Å². The number of rotatable bonds is 2. The minimum Gasteiger partial charge on any atom is -0.465 e. The molecule has 6 heteroatoms. The van der Waals surface area contributed by atoms with Crippen LogP contribution in [0.15, 0.2) is 42.5 Å². The van der Waals surface area contributed by atoms with Crippen LogP contribution in [0, 0.1) is 5.82 Å². The molecule has 0 fully saturated rings. The monoisotopic (exact) mass is 298 g/mol. The van der Waals surface area contributed by atoms with E-state index in [0.29, 0.717) is 0 Å². The molecule has 2 aromatic carbocycles. The third-order valence-electron chi connectivity index (χ3n) is 2.89. The maximum atomic E-state index is 13.2. The summed E-state index contributed by atoms with van der Waals surface area (Å²) in [6, 6.07) is 7.71. The quantitative estimate of drug-likeness (QED) is 0.610. The van der Waals surface area contributed by atoms with E-state index in [1.165, 1.54) is 18.2 Å². The molecule has 2 nitrogen and oxygen atoms in total. The van der Waals surface area contributed by atoms with Gasteiger partial charge in [-0.15, -0.1) is 0 Å². The van der Waals surface area contributed by atoms with Crippen LogP contribution < -0.4 is 0 Å². The summed E-state index contributed by atoms with van der Waals surface area (Å²) in [6.45, 7) is 0. The Hall–Kier alpha value is -2.37. The van der Waals surface area contributed by atoms with E-state index in [1.807, 2.05) is 0 Å². The number of hydrogen-bond acceptors (Lipinski definition) is 2. The van der Waals surface area contributed by atoms with Crippen molar-refractivity contribution in [3.63, 3.8) is 0 Å². The van der Waals surface area contributed by atoms with Crippen molar-refractivity contribution < 1.29 is 27.1 Å². The van der Waals surface area contributed by atoms with Crippen LogP contribution in [0.5, 0.6) is 0 Å². The summed E-state index contributed by atoms with van der Waals surface area (Å²) in [4.78, 5) is 11.6.